The van der Waals surface area contributed by atoms with E-state index >= 15 is 0 Å². The van der Waals surface area contributed by atoms with Crippen LogP contribution in [0.3, 0.4) is 0 Å². The number of carbonyl (C=O) groups is 1. The molecule has 0 aliphatic heterocycles. The van der Waals surface area contributed by atoms with Crippen molar-refractivity contribution in [1.82, 2.24) is 5.32 Å². The Balaban J connectivity index is 2.04. The van der Waals surface area contributed by atoms with Gasteiger partial charge in [0, 0.05) is 13.0 Å². The van der Waals surface area contributed by atoms with Gasteiger partial charge in [-0.25, -0.2) is 0 Å². The van der Waals surface area contributed by atoms with Gasteiger partial charge in [0.1, 0.15) is 0 Å². The van der Waals surface area contributed by atoms with Crippen molar-refractivity contribution in [1.29, 1.82) is 0 Å². The van der Waals surface area contributed by atoms with Gasteiger partial charge in [0.25, 0.3) is 0 Å². The lowest BCUT2D eigenvalue weighted by Crippen LogP contribution is -2.17. The summed E-state index contributed by atoms with van der Waals surface area (Å²) in [7, 11) is 0. The Bertz CT molecular complexity index is 333. The van der Waals surface area contributed by atoms with E-state index in [1.165, 1.54) is 11.1 Å². The molecule has 0 aliphatic rings. The minimum atomic E-state index is -0.122. The lowest BCUT2D eigenvalue weighted by molar-refractivity contribution is -0.143. The van der Waals surface area contributed by atoms with Gasteiger partial charge in [-0.15, -0.1) is 0 Å². The summed E-state index contributed by atoms with van der Waals surface area (Å²) < 4.78 is 4.98. The normalized spacial score (nSPS) is 10.2. The van der Waals surface area contributed by atoms with Gasteiger partial charge in [0.2, 0.25) is 0 Å². The van der Waals surface area contributed by atoms with E-state index < -0.39 is 0 Å². The number of nitrogens with one attached hydrogen (secondary N) is 1. The zero-order chi connectivity index (χ0) is 12.5. The highest BCUT2D eigenvalue weighted by atomic mass is 16.5. The molecule has 0 unspecified atom stereocenters. The number of hydrogen-bond donors (Lipinski definition) is 1. The SMILES string of the molecule is CCC(=O)OCCCNCc1ccc(C)cc1. The van der Waals surface area contributed by atoms with Gasteiger partial charge >= 0.3 is 5.97 Å². The number of rotatable bonds is 7. The van der Waals surface area contributed by atoms with Crippen LogP contribution in [0.5, 0.6) is 0 Å². The molecule has 0 bridgehead atoms. The molecular formula is C14H21NO2. The third kappa shape index (κ3) is 6.07. The first kappa shape index (κ1) is 13.7. The zero-order valence-corrected chi connectivity index (χ0v) is 10.7. The molecule has 3 heteroatoms. The maximum Gasteiger partial charge on any atom is 0.305 e. The summed E-state index contributed by atoms with van der Waals surface area (Å²) in [6.07, 6.45) is 1.31. The summed E-state index contributed by atoms with van der Waals surface area (Å²) in [5, 5.41) is 3.32. The molecule has 1 aromatic rings. The number of hydrogen-bond acceptors (Lipinski definition) is 3. The first-order valence-electron chi connectivity index (χ1n) is 6.14. The maximum atomic E-state index is 10.9. The Morgan fingerprint density at radius 1 is 1.29 bits per heavy atom. The molecule has 0 radical (unpaired) electrons. The van der Waals surface area contributed by atoms with Crippen LogP contribution in [0.25, 0.3) is 0 Å². The van der Waals surface area contributed by atoms with E-state index in [1.807, 2.05) is 0 Å². The van der Waals surface area contributed by atoms with E-state index in [2.05, 4.69) is 36.5 Å². The minimum Gasteiger partial charge on any atom is -0.466 e. The maximum absolute atomic E-state index is 10.9. The third-order valence-electron chi connectivity index (χ3n) is 2.50. The van der Waals surface area contributed by atoms with E-state index in [9.17, 15) is 4.79 Å². The molecule has 0 spiro atoms. The van der Waals surface area contributed by atoms with Gasteiger partial charge in [-0.1, -0.05) is 36.8 Å². The summed E-state index contributed by atoms with van der Waals surface area (Å²) in [5.74, 6) is -0.122. The molecule has 17 heavy (non-hydrogen) atoms. The lowest BCUT2D eigenvalue weighted by Gasteiger charge is -2.06. The fraction of sp³-hybridized carbons (Fsp3) is 0.500. The highest BCUT2D eigenvalue weighted by Crippen LogP contribution is 2.02. The van der Waals surface area contributed by atoms with Crippen molar-refractivity contribution in [2.75, 3.05) is 13.2 Å². The summed E-state index contributed by atoms with van der Waals surface area (Å²) in [6.45, 7) is 6.12. The summed E-state index contributed by atoms with van der Waals surface area (Å²) in [6, 6.07) is 8.47. The molecule has 0 heterocycles. The Morgan fingerprint density at radius 3 is 2.65 bits per heavy atom. The molecule has 0 amide bonds. The van der Waals surface area contributed by atoms with E-state index in [-0.39, 0.29) is 5.97 Å². The second-order valence-electron chi connectivity index (χ2n) is 4.09. The molecule has 94 valence electrons. The van der Waals surface area contributed by atoms with Gasteiger partial charge in [-0.3, -0.25) is 4.79 Å². The minimum absolute atomic E-state index is 0.122. The van der Waals surface area contributed by atoms with Crippen LogP contribution >= 0.6 is 0 Å². The highest BCUT2D eigenvalue weighted by Gasteiger charge is 1.97. The fourth-order valence-corrected chi connectivity index (χ4v) is 1.42. The summed E-state index contributed by atoms with van der Waals surface area (Å²) in [4.78, 5) is 10.9. The number of aryl methyl sites for hydroxylation is 1. The van der Waals surface area contributed by atoms with Crippen LogP contribution in [0.2, 0.25) is 0 Å². The molecule has 0 aromatic heterocycles. The first-order valence-corrected chi connectivity index (χ1v) is 6.14. The second kappa shape index (κ2) is 7.85. The predicted molar refractivity (Wildman–Crippen MR) is 68.8 cm³/mol. The van der Waals surface area contributed by atoms with Gasteiger partial charge in [0.05, 0.1) is 6.61 Å². The van der Waals surface area contributed by atoms with Crippen molar-refractivity contribution in [3.05, 3.63) is 35.4 Å². The van der Waals surface area contributed by atoms with Crippen molar-refractivity contribution < 1.29 is 9.53 Å². The number of ether oxygens (including phenoxy) is 1. The highest BCUT2D eigenvalue weighted by molar-refractivity contribution is 5.68. The van der Waals surface area contributed by atoms with Crippen molar-refractivity contribution in [2.24, 2.45) is 0 Å². The summed E-state index contributed by atoms with van der Waals surface area (Å²) in [5.41, 5.74) is 2.56. The molecule has 1 N–H and O–H groups in total. The van der Waals surface area contributed by atoms with Crippen molar-refractivity contribution in [2.45, 2.75) is 33.2 Å². The molecule has 0 fully saturated rings. The third-order valence-corrected chi connectivity index (χ3v) is 2.50. The Labute approximate surface area is 103 Å². The standard InChI is InChI=1S/C14H21NO2/c1-3-14(16)17-10-4-9-15-11-13-7-5-12(2)6-8-13/h5-8,15H,3-4,9-11H2,1-2H3. The smallest absolute Gasteiger partial charge is 0.305 e. The average Bonchev–Trinajstić information content (AvgIpc) is 2.35. The van der Waals surface area contributed by atoms with Crippen LogP contribution < -0.4 is 5.32 Å². The van der Waals surface area contributed by atoms with E-state index in [1.54, 1.807) is 6.92 Å². The Kier molecular flexibility index (Phi) is 6.33. The molecule has 0 aliphatic carbocycles. The molecule has 1 aromatic carbocycles. The van der Waals surface area contributed by atoms with Gasteiger partial charge in [0.15, 0.2) is 0 Å². The number of benzene rings is 1. The Hall–Kier alpha value is -1.35. The summed E-state index contributed by atoms with van der Waals surface area (Å²) >= 11 is 0. The van der Waals surface area contributed by atoms with Crippen LogP contribution in [-0.2, 0) is 16.1 Å². The average molecular weight is 235 g/mol. The quantitative estimate of drug-likeness (QED) is 0.582. The predicted octanol–water partition coefficient (Wildman–Crippen LogP) is 2.43. The number of carbonyl (C=O) groups excluding carboxylic acids is 1. The first-order chi connectivity index (χ1) is 8.22. The van der Waals surface area contributed by atoms with Crippen LogP contribution in [0.4, 0.5) is 0 Å². The van der Waals surface area contributed by atoms with Crippen LogP contribution in [0, 0.1) is 6.92 Å². The van der Waals surface area contributed by atoms with Crippen molar-refractivity contribution in [3.8, 4) is 0 Å². The van der Waals surface area contributed by atoms with Crippen molar-refractivity contribution >= 4 is 5.97 Å². The van der Waals surface area contributed by atoms with E-state index in [0.29, 0.717) is 13.0 Å². The molecule has 1 rings (SSSR count). The van der Waals surface area contributed by atoms with Crippen LogP contribution in [-0.4, -0.2) is 19.1 Å². The second-order valence-corrected chi connectivity index (χ2v) is 4.09. The van der Waals surface area contributed by atoms with Crippen LogP contribution in [0.1, 0.15) is 30.9 Å². The van der Waals surface area contributed by atoms with E-state index in [4.69, 9.17) is 4.74 Å². The fourth-order valence-electron chi connectivity index (χ4n) is 1.42. The molecule has 0 atom stereocenters. The molecule has 3 nitrogen and oxygen atoms in total. The topological polar surface area (TPSA) is 38.3 Å². The lowest BCUT2D eigenvalue weighted by atomic mass is 10.1. The monoisotopic (exact) mass is 235 g/mol. The van der Waals surface area contributed by atoms with Gasteiger partial charge in [-0.2, -0.15) is 0 Å². The van der Waals surface area contributed by atoms with Gasteiger partial charge < -0.3 is 10.1 Å². The number of esters is 1. The molecule has 0 saturated heterocycles. The zero-order valence-electron chi connectivity index (χ0n) is 10.7. The van der Waals surface area contributed by atoms with Crippen molar-refractivity contribution in [3.63, 3.8) is 0 Å². The van der Waals surface area contributed by atoms with Crippen LogP contribution in [0.15, 0.2) is 24.3 Å². The molecule has 0 saturated carbocycles. The van der Waals surface area contributed by atoms with Gasteiger partial charge in [-0.05, 0) is 25.5 Å². The molecular weight excluding hydrogens is 214 g/mol. The van der Waals surface area contributed by atoms with E-state index in [0.717, 1.165) is 19.5 Å². The Morgan fingerprint density at radius 2 is 2.00 bits per heavy atom. The largest absolute Gasteiger partial charge is 0.466 e.